The predicted octanol–water partition coefficient (Wildman–Crippen LogP) is 4.58. The lowest BCUT2D eigenvalue weighted by atomic mass is 10.1. The summed E-state index contributed by atoms with van der Waals surface area (Å²) in [6.07, 6.45) is 0.183. The van der Waals surface area contributed by atoms with Crippen molar-refractivity contribution in [1.29, 1.82) is 0 Å². The zero-order valence-corrected chi connectivity index (χ0v) is 16.0. The van der Waals surface area contributed by atoms with Gasteiger partial charge in [-0.2, -0.15) is 0 Å². The van der Waals surface area contributed by atoms with Crippen LogP contribution in [0.1, 0.15) is 18.1 Å². The fraction of sp³-hybridized carbons (Fsp3) is 0.238. The molecular weight excluding hydrogens is 366 g/mol. The molecule has 0 aliphatic carbocycles. The van der Waals surface area contributed by atoms with Gasteiger partial charge >= 0.3 is 5.97 Å². The fourth-order valence-corrected chi connectivity index (χ4v) is 2.84. The first-order chi connectivity index (χ1) is 13.1. The third-order valence-electron chi connectivity index (χ3n) is 4.02. The van der Waals surface area contributed by atoms with E-state index < -0.39 is 0 Å². The number of methoxy groups -OCH3 is 1. The highest BCUT2D eigenvalue weighted by atomic mass is 35.5. The number of hydrogen-bond donors (Lipinski definition) is 0. The van der Waals surface area contributed by atoms with E-state index in [1.54, 1.807) is 7.11 Å². The van der Waals surface area contributed by atoms with E-state index in [1.165, 1.54) is 0 Å². The van der Waals surface area contributed by atoms with Crippen LogP contribution in [-0.4, -0.2) is 24.7 Å². The lowest BCUT2D eigenvalue weighted by Gasteiger charge is -2.09. The summed E-state index contributed by atoms with van der Waals surface area (Å²) in [6.45, 7) is 2.60. The van der Waals surface area contributed by atoms with Crippen LogP contribution in [0.5, 0.6) is 11.5 Å². The van der Waals surface area contributed by atoms with E-state index in [-0.39, 0.29) is 19.0 Å². The molecule has 0 amide bonds. The van der Waals surface area contributed by atoms with Crippen LogP contribution in [0, 0.1) is 0 Å². The summed E-state index contributed by atoms with van der Waals surface area (Å²) >= 11 is 6.23. The summed E-state index contributed by atoms with van der Waals surface area (Å²) in [6, 6.07) is 14.8. The smallest absolute Gasteiger partial charge is 0.310 e. The Morgan fingerprint density at radius 3 is 2.52 bits per heavy atom. The van der Waals surface area contributed by atoms with Crippen molar-refractivity contribution in [3.63, 3.8) is 0 Å². The van der Waals surface area contributed by atoms with Crippen LogP contribution in [0.3, 0.4) is 0 Å². The molecule has 1 heterocycles. The Morgan fingerprint density at radius 2 is 1.81 bits per heavy atom. The number of ether oxygens (including phenoxy) is 3. The van der Waals surface area contributed by atoms with Crippen LogP contribution in [0.15, 0.2) is 48.5 Å². The molecule has 3 rings (SSSR count). The van der Waals surface area contributed by atoms with Gasteiger partial charge in [-0.15, -0.1) is 0 Å². The van der Waals surface area contributed by atoms with E-state index in [2.05, 4.69) is 4.98 Å². The van der Waals surface area contributed by atoms with Gasteiger partial charge < -0.3 is 14.2 Å². The number of pyridine rings is 1. The second-order valence-electron chi connectivity index (χ2n) is 5.91. The van der Waals surface area contributed by atoms with Gasteiger partial charge in [0, 0.05) is 17.0 Å². The maximum atomic E-state index is 12.1. The average molecular weight is 386 g/mol. The highest BCUT2D eigenvalue weighted by molar-refractivity contribution is 6.30. The highest BCUT2D eigenvalue weighted by Crippen LogP contribution is 2.24. The lowest BCUT2D eigenvalue weighted by Crippen LogP contribution is -2.08. The zero-order chi connectivity index (χ0) is 19.2. The second-order valence-corrected chi connectivity index (χ2v) is 6.27. The predicted molar refractivity (Wildman–Crippen MR) is 104 cm³/mol. The zero-order valence-electron chi connectivity index (χ0n) is 15.2. The summed E-state index contributed by atoms with van der Waals surface area (Å²) in [5.41, 5.74) is 2.25. The molecule has 2 aromatic carbocycles. The van der Waals surface area contributed by atoms with Crippen molar-refractivity contribution in [2.75, 3.05) is 13.7 Å². The first-order valence-electron chi connectivity index (χ1n) is 8.59. The summed E-state index contributed by atoms with van der Waals surface area (Å²) in [4.78, 5) is 16.5. The summed E-state index contributed by atoms with van der Waals surface area (Å²) < 4.78 is 15.9. The molecule has 1 aromatic heterocycles. The molecule has 6 heteroatoms. The summed E-state index contributed by atoms with van der Waals surface area (Å²) in [5.74, 6) is 1.16. The maximum Gasteiger partial charge on any atom is 0.310 e. The molecular formula is C21H20ClNO4. The molecule has 0 saturated heterocycles. The van der Waals surface area contributed by atoms with E-state index in [0.29, 0.717) is 23.1 Å². The number of aromatic nitrogens is 1. The SMILES string of the molecule is CCOc1ccc(CC(=O)OCc2cc3ccc(OC)cc3nc2Cl)cc1. The number of carbonyl (C=O) groups is 1. The van der Waals surface area contributed by atoms with Gasteiger partial charge in [-0.1, -0.05) is 23.7 Å². The van der Waals surface area contributed by atoms with Gasteiger partial charge in [0.2, 0.25) is 0 Å². The van der Waals surface area contributed by atoms with E-state index in [1.807, 2.05) is 55.5 Å². The number of esters is 1. The average Bonchev–Trinajstić information content (AvgIpc) is 2.67. The Kier molecular flexibility index (Phi) is 6.14. The molecule has 0 bridgehead atoms. The van der Waals surface area contributed by atoms with Gasteiger partial charge in [-0.25, -0.2) is 4.98 Å². The summed E-state index contributed by atoms with van der Waals surface area (Å²) in [5, 5.41) is 1.21. The number of fused-ring (bicyclic) bond motifs is 1. The standard InChI is InChI=1S/C21H20ClNO4/c1-3-26-17-7-4-14(5-8-17)10-20(24)27-13-16-11-15-6-9-18(25-2)12-19(15)23-21(16)22/h4-9,11-12H,3,10,13H2,1-2H3. The van der Waals surface area contributed by atoms with E-state index in [9.17, 15) is 4.79 Å². The largest absolute Gasteiger partial charge is 0.497 e. The lowest BCUT2D eigenvalue weighted by molar-refractivity contribution is -0.144. The minimum Gasteiger partial charge on any atom is -0.497 e. The van der Waals surface area contributed by atoms with E-state index >= 15 is 0 Å². The third-order valence-corrected chi connectivity index (χ3v) is 4.35. The van der Waals surface area contributed by atoms with Gasteiger partial charge in [-0.05, 0) is 42.8 Å². The number of carbonyl (C=O) groups excluding carboxylic acids is 1. The van der Waals surface area contributed by atoms with Crippen LogP contribution in [-0.2, 0) is 22.6 Å². The Labute approximate surface area is 162 Å². The minimum atomic E-state index is -0.329. The summed E-state index contributed by atoms with van der Waals surface area (Å²) in [7, 11) is 1.60. The Balaban J connectivity index is 1.63. The molecule has 0 spiro atoms. The van der Waals surface area contributed by atoms with Crippen molar-refractivity contribution in [1.82, 2.24) is 4.98 Å². The van der Waals surface area contributed by atoms with Crippen molar-refractivity contribution in [2.45, 2.75) is 20.0 Å². The van der Waals surface area contributed by atoms with Gasteiger partial charge in [0.15, 0.2) is 0 Å². The van der Waals surface area contributed by atoms with Crippen molar-refractivity contribution < 1.29 is 19.0 Å². The van der Waals surface area contributed by atoms with Gasteiger partial charge in [0.1, 0.15) is 23.3 Å². The molecule has 27 heavy (non-hydrogen) atoms. The first kappa shape index (κ1) is 19.0. The second kappa shape index (κ2) is 8.73. The topological polar surface area (TPSA) is 57.7 Å². The molecule has 0 fully saturated rings. The molecule has 0 aliphatic heterocycles. The van der Waals surface area contributed by atoms with Crippen molar-refractivity contribution >= 4 is 28.5 Å². The van der Waals surface area contributed by atoms with Gasteiger partial charge in [0.05, 0.1) is 25.7 Å². The van der Waals surface area contributed by atoms with Crippen LogP contribution >= 0.6 is 11.6 Å². The molecule has 5 nitrogen and oxygen atoms in total. The molecule has 3 aromatic rings. The van der Waals surface area contributed by atoms with Crippen LogP contribution in [0.4, 0.5) is 0 Å². The van der Waals surface area contributed by atoms with Gasteiger partial charge in [-0.3, -0.25) is 4.79 Å². The number of hydrogen-bond acceptors (Lipinski definition) is 5. The monoisotopic (exact) mass is 385 g/mol. The maximum absolute atomic E-state index is 12.1. The van der Waals surface area contributed by atoms with Crippen LogP contribution in [0.2, 0.25) is 5.15 Å². The molecule has 0 atom stereocenters. The van der Waals surface area contributed by atoms with Crippen LogP contribution in [0.25, 0.3) is 10.9 Å². The number of benzene rings is 2. The van der Waals surface area contributed by atoms with Gasteiger partial charge in [0.25, 0.3) is 0 Å². The third kappa shape index (κ3) is 4.89. The number of rotatable bonds is 7. The minimum absolute atomic E-state index is 0.0731. The van der Waals surface area contributed by atoms with Crippen molar-refractivity contribution in [2.24, 2.45) is 0 Å². The van der Waals surface area contributed by atoms with Crippen molar-refractivity contribution in [3.05, 3.63) is 64.8 Å². The van der Waals surface area contributed by atoms with Crippen LogP contribution < -0.4 is 9.47 Å². The molecule has 140 valence electrons. The molecule has 0 radical (unpaired) electrons. The van der Waals surface area contributed by atoms with Crippen molar-refractivity contribution in [3.8, 4) is 11.5 Å². The highest BCUT2D eigenvalue weighted by Gasteiger charge is 2.10. The molecule has 0 unspecified atom stereocenters. The number of halogens is 1. The Morgan fingerprint density at radius 1 is 1.07 bits per heavy atom. The quantitative estimate of drug-likeness (QED) is 0.440. The van der Waals surface area contributed by atoms with E-state index in [4.69, 9.17) is 25.8 Å². The molecule has 0 N–H and O–H groups in total. The van der Waals surface area contributed by atoms with E-state index in [0.717, 1.165) is 22.2 Å². The Hall–Kier alpha value is -2.79. The fourth-order valence-electron chi connectivity index (χ4n) is 2.64. The normalized spacial score (nSPS) is 10.6. The molecule has 0 aliphatic rings. The number of nitrogens with zero attached hydrogens (tertiary/aromatic N) is 1. The Bertz CT molecular complexity index is 941. The first-order valence-corrected chi connectivity index (χ1v) is 8.97. The molecule has 0 saturated carbocycles.